The van der Waals surface area contributed by atoms with Crippen molar-refractivity contribution in [2.24, 2.45) is 0 Å². The van der Waals surface area contributed by atoms with Crippen LogP contribution in [0.4, 0.5) is 5.69 Å². The number of benzene rings is 1. The summed E-state index contributed by atoms with van der Waals surface area (Å²) in [7, 11) is 0. The molecule has 2 heteroatoms. The highest BCUT2D eigenvalue weighted by Gasteiger charge is 2.09. The van der Waals surface area contributed by atoms with Crippen LogP contribution in [0.2, 0.25) is 0 Å². The lowest BCUT2D eigenvalue weighted by molar-refractivity contribution is 0.518. The topological polar surface area (TPSA) is 25.2 Å². The quantitative estimate of drug-likeness (QED) is 0.802. The maximum absolute atomic E-state index is 5.36. The van der Waals surface area contributed by atoms with Gasteiger partial charge in [-0.15, -0.1) is 0 Å². The van der Waals surface area contributed by atoms with Crippen LogP contribution in [0.3, 0.4) is 0 Å². The van der Waals surface area contributed by atoms with Gasteiger partial charge in [0.1, 0.15) is 5.76 Å². The van der Waals surface area contributed by atoms with Gasteiger partial charge in [0.2, 0.25) is 0 Å². The summed E-state index contributed by atoms with van der Waals surface area (Å²) in [6.45, 7) is 9.66. The zero-order chi connectivity index (χ0) is 13.8. The van der Waals surface area contributed by atoms with E-state index in [0.717, 1.165) is 12.3 Å². The Balaban J connectivity index is 2.19. The summed E-state index contributed by atoms with van der Waals surface area (Å²) in [6.07, 6.45) is 1.71. The second-order valence-corrected chi connectivity index (χ2v) is 5.59. The summed E-state index contributed by atoms with van der Waals surface area (Å²) in [4.78, 5) is 0. The molecule has 2 aromatic rings. The predicted molar refractivity (Wildman–Crippen MR) is 80.7 cm³/mol. The van der Waals surface area contributed by atoms with Crippen molar-refractivity contribution >= 4 is 5.69 Å². The fourth-order valence-corrected chi connectivity index (χ4v) is 2.17. The maximum atomic E-state index is 5.36. The molecule has 2 rings (SSSR count). The monoisotopic (exact) mass is 257 g/mol. The molecule has 0 fully saturated rings. The number of hydrogen-bond acceptors (Lipinski definition) is 2. The van der Waals surface area contributed by atoms with Crippen LogP contribution in [0.25, 0.3) is 0 Å². The Morgan fingerprint density at radius 2 is 1.84 bits per heavy atom. The van der Waals surface area contributed by atoms with Crippen molar-refractivity contribution in [2.75, 3.05) is 5.32 Å². The average Bonchev–Trinajstić information content (AvgIpc) is 2.89. The van der Waals surface area contributed by atoms with Gasteiger partial charge in [0.05, 0.1) is 12.8 Å². The Labute approximate surface area is 115 Å². The molecule has 0 aliphatic carbocycles. The summed E-state index contributed by atoms with van der Waals surface area (Å²) in [5.74, 6) is 2.04. The molecule has 0 amide bonds. The zero-order valence-corrected chi connectivity index (χ0v) is 12.2. The van der Waals surface area contributed by atoms with Crippen molar-refractivity contribution in [2.45, 2.75) is 46.1 Å². The molecule has 0 spiro atoms. The molecule has 0 saturated heterocycles. The summed E-state index contributed by atoms with van der Waals surface area (Å²) >= 11 is 0. The van der Waals surface area contributed by atoms with Gasteiger partial charge >= 0.3 is 0 Å². The molecule has 102 valence electrons. The Morgan fingerprint density at radius 1 is 1.05 bits per heavy atom. The van der Waals surface area contributed by atoms with Gasteiger partial charge in [0, 0.05) is 5.69 Å². The van der Waals surface area contributed by atoms with Gasteiger partial charge in [-0.2, -0.15) is 0 Å². The normalized spacial score (nSPS) is 11.3. The van der Waals surface area contributed by atoms with Crippen LogP contribution < -0.4 is 5.32 Å². The minimum absolute atomic E-state index is 0.512. The smallest absolute Gasteiger partial charge is 0.122 e. The molecule has 0 saturated carbocycles. The van der Waals surface area contributed by atoms with E-state index in [1.807, 2.05) is 12.1 Å². The van der Waals surface area contributed by atoms with E-state index in [9.17, 15) is 0 Å². The summed E-state index contributed by atoms with van der Waals surface area (Å²) in [6, 6.07) is 10.6. The Kier molecular flexibility index (Phi) is 4.31. The van der Waals surface area contributed by atoms with Crippen LogP contribution in [-0.2, 0) is 6.54 Å². The van der Waals surface area contributed by atoms with E-state index in [4.69, 9.17) is 4.42 Å². The van der Waals surface area contributed by atoms with Crippen molar-refractivity contribution in [1.29, 1.82) is 0 Å². The van der Waals surface area contributed by atoms with Crippen LogP contribution in [-0.4, -0.2) is 0 Å². The van der Waals surface area contributed by atoms with Gasteiger partial charge in [-0.05, 0) is 41.2 Å². The molecule has 0 bridgehead atoms. The number of rotatable bonds is 5. The highest BCUT2D eigenvalue weighted by atomic mass is 16.3. The van der Waals surface area contributed by atoms with E-state index in [2.05, 4.69) is 51.2 Å². The molecule has 0 aliphatic heterocycles. The molecule has 2 nitrogen and oxygen atoms in total. The fraction of sp³-hybridized carbons (Fsp3) is 0.412. The van der Waals surface area contributed by atoms with Crippen molar-refractivity contribution in [3.05, 3.63) is 53.5 Å². The van der Waals surface area contributed by atoms with Gasteiger partial charge in [-0.25, -0.2) is 0 Å². The van der Waals surface area contributed by atoms with Crippen molar-refractivity contribution in [3.8, 4) is 0 Å². The van der Waals surface area contributed by atoms with Crippen LogP contribution in [0, 0.1) is 0 Å². The van der Waals surface area contributed by atoms with Gasteiger partial charge in [-0.1, -0.05) is 39.8 Å². The fourth-order valence-electron chi connectivity index (χ4n) is 2.17. The largest absolute Gasteiger partial charge is 0.467 e. The Hall–Kier alpha value is -1.70. The number of hydrogen-bond donors (Lipinski definition) is 1. The lowest BCUT2D eigenvalue weighted by Gasteiger charge is -2.17. The lowest BCUT2D eigenvalue weighted by atomic mass is 9.94. The molecule has 0 radical (unpaired) electrons. The van der Waals surface area contributed by atoms with Gasteiger partial charge in [0.25, 0.3) is 0 Å². The van der Waals surface area contributed by atoms with Crippen LogP contribution in [0.5, 0.6) is 0 Å². The summed E-state index contributed by atoms with van der Waals surface area (Å²) in [5, 5.41) is 3.47. The standard InChI is InChI=1S/C17H23NO/c1-12(2)14-7-8-17(16(10-14)13(3)4)18-11-15-6-5-9-19-15/h5-10,12-13,18H,11H2,1-4H3. The predicted octanol–water partition coefficient (Wildman–Crippen LogP) is 5.14. The van der Waals surface area contributed by atoms with Gasteiger partial charge in [-0.3, -0.25) is 0 Å². The summed E-state index contributed by atoms with van der Waals surface area (Å²) in [5.41, 5.74) is 3.97. The molecule has 0 unspecified atom stereocenters. The minimum atomic E-state index is 0.512. The molecular formula is C17H23NO. The van der Waals surface area contributed by atoms with Crippen LogP contribution in [0.1, 0.15) is 56.4 Å². The first kappa shape index (κ1) is 13.7. The van der Waals surface area contributed by atoms with Crippen molar-refractivity contribution in [1.82, 2.24) is 0 Å². The molecule has 1 heterocycles. The SMILES string of the molecule is CC(C)c1ccc(NCc2ccco2)c(C(C)C)c1. The minimum Gasteiger partial charge on any atom is -0.467 e. The molecule has 1 N–H and O–H groups in total. The lowest BCUT2D eigenvalue weighted by Crippen LogP contribution is -2.04. The third kappa shape index (κ3) is 3.40. The van der Waals surface area contributed by atoms with Crippen LogP contribution in [0.15, 0.2) is 41.0 Å². The van der Waals surface area contributed by atoms with E-state index in [1.165, 1.54) is 16.8 Å². The molecule has 1 aromatic heterocycles. The second-order valence-electron chi connectivity index (χ2n) is 5.59. The Morgan fingerprint density at radius 3 is 2.42 bits per heavy atom. The highest BCUT2D eigenvalue weighted by molar-refractivity contribution is 5.54. The van der Waals surface area contributed by atoms with Crippen molar-refractivity contribution < 1.29 is 4.42 Å². The van der Waals surface area contributed by atoms with Crippen LogP contribution >= 0.6 is 0 Å². The maximum Gasteiger partial charge on any atom is 0.122 e. The third-order valence-corrected chi connectivity index (χ3v) is 3.40. The van der Waals surface area contributed by atoms with Crippen molar-refractivity contribution in [3.63, 3.8) is 0 Å². The van der Waals surface area contributed by atoms with Gasteiger partial charge in [0.15, 0.2) is 0 Å². The average molecular weight is 257 g/mol. The first-order valence-electron chi connectivity index (χ1n) is 6.98. The molecule has 19 heavy (non-hydrogen) atoms. The van der Waals surface area contributed by atoms with Gasteiger partial charge < -0.3 is 9.73 Å². The van der Waals surface area contributed by atoms with E-state index < -0.39 is 0 Å². The molecule has 0 atom stereocenters. The van der Waals surface area contributed by atoms with E-state index in [1.54, 1.807) is 6.26 Å². The first-order chi connectivity index (χ1) is 9.08. The number of nitrogens with one attached hydrogen (secondary N) is 1. The van der Waals surface area contributed by atoms with E-state index in [0.29, 0.717) is 11.8 Å². The first-order valence-corrected chi connectivity index (χ1v) is 6.98. The zero-order valence-electron chi connectivity index (χ0n) is 12.2. The van der Waals surface area contributed by atoms with E-state index >= 15 is 0 Å². The second kappa shape index (κ2) is 5.96. The number of anilines is 1. The highest BCUT2D eigenvalue weighted by Crippen LogP contribution is 2.28. The number of furan rings is 1. The Bertz CT molecular complexity index is 512. The molecular weight excluding hydrogens is 234 g/mol. The third-order valence-electron chi connectivity index (χ3n) is 3.40. The molecule has 0 aliphatic rings. The van der Waals surface area contributed by atoms with E-state index in [-0.39, 0.29) is 0 Å². The summed E-state index contributed by atoms with van der Waals surface area (Å²) < 4.78 is 5.36. The molecule has 1 aromatic carbocycles.